The first-order chi connectivity index (χ1) is 17.0. The summed E-state index contributed by atoms with van der Waals surface area (Å²) in [6, 6.07) is 3.27. The second-order valence-corrected chi connectivity index (χ2v) is 8.60. The zero-order chi connectivity index (χ0) is 26.7. The minimum absolute atomic E-state index is 0.134. The van der Waals surface area contributed by atoms with Crippen molar-refractivity contribution in [3.05, 3.63) is 35.4 Å². The van der Waals surface area contributed by atoms with E-state index >= 15 is 0 Å². The number of esters is 4. The average molecular weight is 501 g/mol. The minimum atomic E-state index is -1.37. The molecule has 2 aliphatic heterocycles. The number of nitrogens with one attached hydrogen (secondary N) is 2. The standard InChI is InChI=1S/C26H32N2O8/c1-7-33-21(29)17-13-25(5,23(31)35-9-3)27-19-12-16-18(22(30)34-8-2)14-26(6,24(32)36-10-4)28-20(16)11-15(17)19/h11-14,27-28H,7-10H2,1-6H3. The number of benzene rings is 1. The van der Waals surface area contributed by atoms with Gasteiger partial charge in [0.25, 0.3) is 0 Å². The highest BCUT2D eigenvalue weighted by molar-refractivity contribution is 6.24. The van der Waals surface area contributed by atoms with Gasteiger partial charge in [-0.1, -0.05) is 0 Å². The van der Waals surface area contributed by atoms with Crippen LogP contribution in [0.25, 0.3) is 11.1 Å². The number of carbonyl (C=O) groups excluding carboxylic acids is 4. The lowest BCUT2D eigenvalue weighted by Gasteiger charge is -2.36. The Balaban J connectivity index is 2.22. The van der Waals surface area contributed by atoms with Crippen molar-refractivity contribution in [1.29, 1.82) is 0 Å². The molecular formula is C26H32N2O8. The van der Waals surface area contributed by atoms with E-state index < -0.39 is 35.0 Å². The maximum absolute atomic E-state index is 12.9. The number of fused-ring (bicyclic) bond motifs is 2. The smallest absolute Gasteiger partial charge is 0.338 e. The highest BCUT2D eigenvalue weighted by Gasteiger charge is 2.43. The summed E-state index contributed by atoms with van der Waals surface area (Å²) in [7, 11) is 0. The molecule has 2 heterocycles. The Morgan fingerprint density at radius 1 is 0.639 bits per heavy atom. The fourth-order valence-electron chi connectivity index (χ4n) is 4.15. The summed E-state index contributed by atoms with van der Waals surface area (Å²) >= 11 is 0. The van der Waals surface area contributed by atoms with Gasteiger partial charge in [0, 0.05) is 22.5 Å². The predicted octanol–water partition coefficient (Wildman–Crippen LogP) is 3.07. The van der Waals surface area contributed by atoms with Gasteiger partial charge in [0.15, 0.2) is 11.1 Å². The lowest BCUT2D eigenvalue weighted by Crippen LogP contribution is -2.47. The number of carbonyl (C=O) groups is 4. The molecule has 0 radical (unpaired) electrons. The van der Waals surface area contributed by atoms with Crippen LogP contribution in [-0.4, -0.2) is 61.4 Å². The van der Waals surface area contributed by atoms with Crippen molar-refractivity contribution in [3.8, 4) is 0 Å². The quantitative estimate of drug-likeness (QED) is 0.406. The normalized spacial score (nSPS) is 21.8. The van der Waals surface area contributed by atoms with Crippen LogP contribution in [0.5, 0.6) is 0 Å². The van der Waals surface area contributed by atoms with Crippen molar-refractivity contribution < 1.29 is 38.1 Å². The van der Waals surface area contributed by atoms with Crippen LogP contribution >= 0.6 is 0 Å². The van der Waals surface area contributed by atoms with E-state index in [1.54, 1.807) is 53.7 Å². The van der Waals surface area contributed by atoms with E-state index in [4.69, 9.17) is 18.9 Å². The topological polar surface area (TPSA) is 129 Å². The van der Waals surface area contributed by atoms with Gasteiger partial charge in [-0.25, -0.2) is 19.2 Å². The van der Waals surface area contributed by atoms with Crippen LogP contribution in [0.4, 0.5) is 11.4 Å². The van der Waals surface area contributed by atoms with E-state index in [9.17, 15) is 19.2 Å². The summed E-state index contributed by atoms with van der Waals surface area (Å²) in [6.45, 7) is 10.5. The molecule has 0 spiro atoms. The van der Waals surface area contributed by atoms with Crippen LogP contribution in [0.15, 0.2) is 24.3 Å². The number of hydrogen-bond donors (Lipinski definition) is 2. The molecule has 0 amide bonds. The van der Waals surface area contributed by atoms with Gasteiger partial charge in [-0.15, -0.1) is 0 Å². The third kappa shape index (κ3) is 4.93. The largest absolute Gasteiger partial charge is 0.464 e. The monoisotopic (exact) mass is 500 g/mol. The van der Waals surface area contributed by atoms with Gasteiger partial charge in [0.1, 0.15) is 0 Å². The molecule has 10 nitrogen and oxygen atoms in total. The van der Waals surface area contributed by atoms with Crippen molar-refractivity contribution in [2.24, 2.45) is 0 Å². The number of ether oxygens (including phenoxy) is 4. The van der Waals surface area contributed by atoms with Gasteiger partial charge in [0.2, 0.25) is 0 Å². The number of hydrogen-bond acceptors (Lipinski definition) is 10. The molecule has 36 heavy (non-hydrogen) atoms. The van der Waals surface area contributed by atoms with Crippen LogP contribution in [0.2, 0.25) is 0 Å². The molecule has 1 aromatic carbocycles. The molecule has 2 atom stereocenters. The highest BCUT2D eigenvalue weighted by Crippen LogP contribution is 2.43. The second kappa shape index (κ2) is 10.4. The zero-order valence-corrected chi connectivity index (χ0v) is 21.4. The van der Waals surface area contributed by atoms with Crippen molar-refractivity contribution in [2.75, 3.05) is 37.1 Å². The summed E-state index contributed by atoms with van der Waals surface area (Å²) in [5.74, 6) is -2.41. The molecular weight excluding hydrogens is 468 g/mol. The molecule has 1 aromatic rings. The third-order valence-corrected chi connectivity index (χ3v) is 5.78. The lowest BCUT2D eigenvalue weighted by atomic mass is 9.84. The lowest BCUT2D eigenvalue weighted by molar-refractivity contribution is -0.147. The predicted molar refractivity (Wildman–Crippen MR) is 133 cm³/mol. The van der Waals surface area contributed by atoms with Crippen molar-refractivity contribution in [2.45, 2.75) is 52.6 Å². The maximum atomic E-state index is 12.9. The first kappa shape index (κ1) is 26.8. The van der Waals surface area contributed by atoms with E-state index in [-0.39, 0.29) is 37.6 Å². The summed E-state index contributed by atoms with van der Waals surface area (Å²) in [5, 5.41) is 6.27. The van der Waals surface area contributed by atoms with Crippen LogP contribution in [0.3, 0.4) is 0 Å². The summed E-state index contributed by atoms with van der Waals surface area (Å²) in [4.78, 5) is 51.4. The van der Waals surface area contributed by atoms with Gasteiger partial charge >= 0.3 is 23.9 Å². The first-order valence-electron chi connectivity index (χ1n) is 11.9. The molecule has 194 valence electrons. The van der Waals surface area contributed by atoms with Crippen LogP contribution in [0, 0.1) is 0 Å². The maximum Gasteiger partial charge on any atom is 0.338 e. The Morgan fingerprint density at radius 3 is 1.28 bits per heavy atom. The van der Waals surface area contributed by atoms with E-state index in [2.05, 4.69) is 10.6 Å². The molecule has 0 aromatic heterocycles. The molecule has 0 bridgehead atoms. The molecule has 10 heteroatoms. The SMILES string of the molecule is CCOC(=O)C1=CC(C)(C(=O)OCC)Nc2cc3c(cc21)NC(C)(C(=O)OCC)C=C3C(=O)OCC. The molecule has 3 rings (SSSR count). The molecule has 0 saturated carbocycles. The number of anilines is 2. The average Bonchev–Trinajstić information content (AvgIpc) is 2.82. The van der Waals surface area contributed by atoms with Crippen LogP contribution < -0.4 is 10.6 Å². The summed E-state index contributed by atoms with van der Waals surface area (Å²) < 4.78 is 20.9. The van der Waals surface area contributed by atoms with E-state index in [0.717, 1.165) is 0 Å². The second-order valence-electron chi connectivity index (χ2n) is 8.60. The van der Waals surface area contributed by atoms with E-state index in [1.807, 2.05) is 0 Å². The molecule has 2 N–H and O–H groups in total. The van der Waals surface area contributed by atoms with E-state index in [1.165, 1.54) is 12.2 Å². The van der Waals surface area contributed by atoms with Crippen LogP contribution in [-0.2, 0) is 38.1 Å². The first-order valence-corrected chi connectivity index (χ1v) is 11.9. The van der Waals surface area contributed by atoms with E-state index in [0.29, 0.717) is 22.5 Å². The third-order valence-electron chi connectivity index (χ3n) is 5.78. The van der Waals surface area contributed by atoms with Crippen molar-refractivity contribution in [1.82, 2.24) is 0 Å². The fourth-order valence-corrected chi connectivity index (χ4v) is 4.15. The van der Waals surface area contributed by atoms with Gasteiger partial charge in [-0.2, -0.15) is 0 Å². The van der Waals surface area contributed by atoms with Gasteiger partial charge < -0.3 is 29.6 Å². The van der Waals surface area contributed by atoms with Gasteiger partial charge in [0.05, 0.1) is 37.6 Å². The Kier molecular flexibility index (Phi) is 7.76. The Bertz CT molecular complexity index is 1070. The number of rotatable bonds is 8. The van der Waals surface area contributed by atoms with Crippen LogP contribution in [0.1, 0.15) is 52.7 Å². The summed E-state index contributed by atoms with van der Waals surface area (Å²) in [5.41, 5.74) is -0.760. The Labute approximate surface area is 210 Å². The zero-order valence-electron chi connectivity index (χ0n) is 21.4. The van der Waals surface area contributed by atoms with Gasteiger partial charge in [-0.3, -0.25) is 0 Å². The van der Waals surface area contributed by atoms with Crippen molar-refractivity contribution in [3.63, 3.8) is 0 Å². The Morgan fingerprint density at radius 2 is 0.972 bits per heavy atom. The Hall–Kier alpha value is -3.82. The summed E-state index contributed by atoms with van der Waals surface area (Å²) in [6.07, 6.45) is 2.93. The highest BCUT2D eigenvalue weighted by atomic mass is 16.5. The molecule has 2 aliphatic rings. The molecule has 2 unspecified atom stereocenters. The minimum Gasteiger partial charge on any atom is -0.464 e. The molecule has 0 fully saturated rings. The molecule has 0 aliphatic carbocycles. The molecule has 0 saturated heterocycles. The fraction of sp³-hybridized carbons (Fsp3) is 0.462. The van der Waals surface area contributed by atoms with Crippen molar-refractivity contribution >= 4 is 46.4 Å². The van der Waals surface area contributed by atoms with Gasteiger partial charge in [-0.05, 0) is 65.8 Å².